The zero-order chi connectivity index (χ0) is 13.0. The number of nitrogens with one attached hydrogen (secondary N) is 2. The maximum Gasteiger partial charge on any atom is 0.235 e. The summed E-state index contributed by atoms with van der Waals surface area (Å²) >= 11 is 5.85. The molecule has 0 saturated heterocycles. The van der Waals surface area contributed by atoms with Crippen LogP contribution in [0.25, 0.3) is 0 Å². The Labute approximate surface area is 103 Å². The maximum atomic E-state index is 11.0. The molecule has 0 atom stereocenters. The Morgan fingerprint density at radius 1 is 1.29 bits per heavy atom. The van der Waals surface area contributed by atoms with Gasteiger partial charge in [0.05, 0.1) is 0 Å². The van der Waals surface area contributed by atoms with Crippen LogP contribution in [0.3, 0.4) is 0 Å². The summed E-state index contributed by atoms with van der Waals surface area (Å²) in [7, 11) is 1.57. The van der Waals surface area contributed by atoms with E-state index in [1.165, 1.54) is 25.2 Å². The van der Waals surface area contributed by atoms with Crippen LogP contribution >= 0.6 is 11.6 Å². The highest BCUT2D eigenvalue weighted by Gasteiger charge is 2.15. The van der Waals surface area contributed by atoms with Crippen molar-refractivity contribution in [3.05, 3.63) is 11.5 Å². The van der Waals surface area contributed by atoms with Gasteiger partial charge in [-0.2, -0.15) is 0 Å². The molecule has 17 heavy (non-hydrogen) atoms. The fourth-order valence-corrected chi connectivity index (χ4v) is 1.36. The predicted molar refractivity (Wildman–Crippen MR) is 63.6 cm³/mol. The number of carbonyl (C=O) groups excluding carboxylic acids is 2. The lowest BCUT2D eigenvalue weighted by atomic mass is 10.4. The van der Waals surface area contributed by atoms with Gasteiger partial charge in [0.15, 0.2) is 11.0 Å². The second-order valence-corrected chi connectivity index (χ2v) is 3.63. The Morgan fingerprint density at radius 3 is 2.47 bits per heavy atom. The first-order chi connectivity index (χ1) is 7.91. The summed E-state index contributed by atoms with van der Waals surface area (Å²) in [5, 5.41) is 3.95. The molecule has 0 aliphatic rings. The molecule has 0 bridgehead atoms. The number of rotatable bonds is 3. The number of hydrogen-bond acceptors (Lipinski definition) is 5. The normalized spacial score (nSPS) is 9.65. The summed E-state index contributed by atoms with van der Waals surface area (Å²) in [4.78, 5) is 29.7. The van der Waals surface area contributed by atoms with Crippen molar-refractivity contribution in [3.8, 4) is 0 Å². The van der Waals surface area contributed by atoms with Crippen LogP contribution < -0.4 is 15.8 Å². The van der Waals surface area contributed by atoms with E-state index >= 15 is 0 Å². The SMILES string of the molecule is CC(=O)Nc1c(Cl)ncnc1N(C)NC(C)=O. The first-order valence-electron chi connectivity index (χ1n) is 4.71. The molecule has 1 aromatic heterocycles. The standard InChI is InChI=1S/C9H12ClN5O2/c1-5(16)13-7-8(10)11-4-12-9(7)15(3)14-6(2)17/h4H,1-3H3,(H,13,16)(H,14,17). The van der Waals surface area contributed by atoms with Gasteiger partial charge in [-0.3, -0.25) is 20.0 Å². The number of hydrazine groups is 1. The van der Waals surface area contributed by atoms with Crippen LogP contribution in [0.2, 0.25) is 5.15 Å². The molecule has 8 heteroatoms. The smallest absolute Gasteiger partial charge is 0.235 e. The summed E-state index contributed by atoms with van der Waals surface area (Å²) in [5.41, 5.74) is 2.74. The van der Waals surface area contributed by atoms with E-state index in [-0.39, 0.29) is 22.7 Å². The van der Waals surface area contributed by atoms with Crippen molar-refractivity contribution in [3.63, 3.8) is 0 Å². The number of hydrogen-bond donors (Lipinski definition) is 2. The van der Waals surface area contributed by atoms with Crippen LogP contribution in [0, 0.1) is 0 Å². The second-order valence-electron chi connectivity index (χ2n) is 3.27. The molecule has 0 aliphatic carbocycles. The molecule has 2 N–H and O–H groups in total. The van der Waals surface area contributed by atoms with Crippen molar-refractivity contribution in [2.75, 3.05) is 17.4 Å². The van der Waals surface area contributed by atoms with E-state index in [2.05, 4.69) is 20.7 Å². The fraction of sp³-hybridized carbons (Fsp3) is 0.333. The lowest BCUT2D eigenvalue weighted by Crippen LogP contribution is -2.39. The average molecular weight is 258 g/mol. The molecule has 1 aromatic rings. The Hall–Kier alpha value is -1.89. The van der Waals surface area contributed by atoms with Crippen molar-refractivity contribution in [1.29, 1.82) is 0 Å². The summed E-state index contributed by atoms with van der Waals surface area (Å²) in [5.74, 6) is -0.273. The number of amides is 2. The molecule has 0 fully saturated rings. The summed E-state index contributed by atoms with van der Waals surface area (Å²) in [6.45, 7) is 2.70. The zero-order valence-corrected chi connectivity index (χ0v) is 10.4. The van der Waals surface area contributed by atoms with E-state index in [4.69, 9.17) is 11.6 Å². The highest BCUT2D eigenvalue weighted by molar-refractivity contribution is 6.33. The van der Waals surface area contributed by atoms with Crippen LogP contribution in [0.1, 0.15) is 13.8 Å². The van der Waals surface area contributed by atoms with E-state index in [0.29, 0.717) is 5.82 Å². The Bertz CT molecular complexity index is 451. The molecule has 7 nitrogen and oxygen atoms in total. The lowest BCUT2D eigenvalue weighted by molar-refractivity contribution is -0.119. The number of nitrogens with zero attached hydrogens (tertiary/aromatic N) is 3. The van der Waals surface area contributed by atoms with E-state index < -0.39 is 0 Å². The van der Waals surface area contributed by atoms with Crippen molar-refractivity contribution < 1.29 is 9.59 Å². The molecule has 0 spiro atoms. The van der Waals surface area contributed by atoms with Gasteiger partial charge in [0.2, 0.25) is 11.8 Å². The Kier molecular flexibility index (Phi) is 4.22. The van der Waals surface area contributed by atoms with Crippen LogP contribution in [-0.2, 0) is 9.59 Å². The van der Waals surface area contributed by atoms with Crippen molar-refractivity contribution >= 4 is 34.9 Å². The fourth-order valence-electron chi connectivity index (χ4n) is 1.18. The van der Waals surface area contributed by atoms with Crippen LogP contribution in [0.15, 0.2) is 6.33 Å². The molecule has 0 aromatic carbocycles. The molecular weight excluding hydrogens is 246 g/mol. The highest BCUT2D eigenvalue weighted by atomic mass is 35.5. The zero-order valence-electron chi connectivity index (χ0n) is 9.61. The van der Waals surface area contributed by atoms with Gasteiger partial charge < -0.3 is 5.32 Å². The van der Waals surface area contributed by atoms with Crippen LogP contribution in [0.4, 0.5) is 11.5 Å². The van der Waals surface area contributed by atoms with Gasteiger partial charge in [-0.1, -0.05) is 11.6 Å². The molecule has 0 saturated carbocycles. The number of halogens is 1. The quantitative estimate of drug-likeness (QED) is 0.611. The molecule has 1 heterocycles. The molecule has 1 rings (SSSR count). The van der Waals surface area contributed by atoms with E-state index in [9.17, 15) is 9.59 Å². The largest absolute Gasteiger partial charge is 0.321 e. The van der Waals surface area contributed by atoms with Crippen molar-refractivity contribution in [2.45, 2.75) is 13.8 Å². The topological polar surface area (TPSA) is 87.2 Å². The van der Waals surface area contributed by atoms with Gasteiger partial charge in [0, 0.05) is 20.9 Å². The Balaban J connectivity index is 3.09. The number of aromatic nitrogens is 2. The van der Waals surface area contributed by atoms with E-state index in [0.717, 1.165) is 0 Å². The summed E-state index contributed by atoms with van der Waals surface area (Å²) in [6.07, 6.45) is 1.24. The third kappa shape index (κ3) is 3.56. The van der Waals surface area contributed by atoms with Gasteiger partial charge >= 0.3 is 0 Å². The monoisotopic (exact) mass is 257 g/mol. The minimum absolute atomic E-state index is 0.0994. The second kappa shape index (κ2) is 5.44. The third-order valence-electron chi connectivity index (χ3n) is 1.72. The average Bonchev–Trinajstić information content (AvgIpc) is 2.19. The van der Waals surface area contributed by atoms with Gasteiger partial charge in [0.1, 0.15) is 12.0 Å². The molecule has 92 valence electrons. The number of anilines is 2. The molecular formula is C9H12ClN5O2. The van der Waals surface area contributed by atoms with Gasteiger partial charge in [-0.15, -0.1) is 0 Å². The molecule has 0 aliphatic heterocycles. The summed E-state index contributed by atoms with van der Waals surface area (Å²) in [6, 6.07) is 0. The summed E-state index contributed by atoms with van der Waals surface area (Å²) < 4.78 is 0. The van der Waals surface area contributed by atoms with E-state index in [1.54, 1.807) is 7.05 Å². The van der Waals surface area contributed by atoms with E-state index in [1.807, 2.05) is 0 Å². The van der Waals surface area contributed by atoms with Gasteiger partial charge in [-0.05, 0) is 0 Å². The van der Waals surface area contributed by atoms with Crippen LogP contribution in [0.5, 0.6) is 0 Å². The highest BCUT2D eigenvalue weighted by Crippen LogP contribution is 2.27. The first-order valence-corrected chi connectivity index (χ1v) is 5.08. The molecule has 0 unspecified atom stereocenters. The first kappa shape index (κ1) is 13.2. The van der Waals surface area contributed by atoms with Crippen LogP contribution in [-0.4, -0.2) is 28.8 Å². The van der Waals surface area contributed by atoms with Crippen molar-refractivity contribution in [2.24, 2.45) is 0 Å². The third-order valence-corrected chi connectivity index (χ3v) is 2.01. The minimum Gasteiger partial charge on any atom is -0.321 e. The molecule has 0 radical (unpaired) electrons. The van der Waals surface area contributed by atoms with Crippen molar-refractivity contribution in [1.82, 2.24) is 15.4 Å². The lowest BCUT2D eigenvalue weighted by Gasteiger charge is -2.21. The number of carbonyl (C=O) groups is 2. The molecule has 2 amide bonds. The Morgan fingerprint density at radius 2 is 1.94 bits per heavy atom. The van der Waals surface area contributed by atoms with Gasteiger partial charge in [0.25, 0.3) is 0 Å². The maximum absolute atomic E-state index is 11.0. The minimum atomic E-state index is -0.306. The predicted octanol–water partition coefficient (Wildman–Crippen LogP) is 0.576. The van der Waals surface area contributed by atoms with Gasteiger partial charge in [-0.25, -0.2) is 9.97 Å².